The van der Waals surface area contributed by atoms with E-state index >= 15 is 0 Å². The van der Waals surface area contributed by atoms with E-state index in [0.29, 0.717) is 26.2 Å². The highest BCUT2D eigenvalue weighted by atomic mass is 32.1. The lowest BCUT2D eigenvalue weighted by atomic mass is 10.0. The van der Waals surface area contributed by atoms with Crippen molar-refractivity contribution in [2.24, 2.45) is 0 Å². The van der Waals surface area contributed by atoms with E-state index in [4.69, 9.17) is 9.72 Å². The number of amides is 2. The van der Waals surface area contributed by atoms with Gasteiger partial charge in [-0.2, -0.15) is 0 Å². The van der Waals surface area contributed by atoms with Crippen LogP contribution in [-0.2, 0) is 24.0 Å². The third kappa shape index (κ3) is 4.42. The van der Waals surface area contributed by atoms with Gasteiger partial charge in [0.1, 0.15) is 11.9 Å². The number of carbonyl (C=O) groups is 1. The molecular formula is C20H25N3O3S. The minimum atomic E-state index is -0.206. The maximum absolute atomic E-state index is 12.5. The van der Waals surface area contributed by atoms with Crippen LogP contribution in [0.25, 0.3) is 0 Å². The van der Waals surface area contributed by atoms with Crippen LogP contribution in [0.2, 0.25) is 0 Å². The van der Waals surface area contributed by atoms with Crippen molar-refractivity contribution in [2.75, 3.05) is 26.2 Å². The van der Waals surface area contributed by atoms with E-state index in [2.05, 4.69) is 5.32 Å². The van der Waals surface area contributed by atoms with Crippen molar-refractivity contribution in [3.8, 4) is 5.75 Å². The molecule has 2 N–H and O–H groups in total. The highest BCUT2D eigenvalue weighted by molar-refractivity contribution is 7.11. The average molecular weight is 388 g/mol. The molecule has 27 heavy (non-hydrogen) atoms. The van der Waals surface area contributed by atoms with Crippen LogP contribution in [0.1, 0.15) is 40.1 Å². The van der Waals surface area contributed by atoms with Gasteiger partial charge >= 0.3 is 6.03 Å². The molecule has 2 aromatic rings. The van der Waals surface area contributed by atoms with Crippen LogP contribution in [-0.4, -0.2) is 47.3 Å². The maximum atomic E-state index is 12.5. The summed E-state index contributed by atoms with van der Waals surface area (Å²) in [6.45, 7) is 2.15. The van der Waals surface area contributed by atoms with Crippen molar-refractivity contribution in [3.05, 3.63) is 45.4 Å². The van der Waals surface area contributed by atoms with E-state index < -0.39 is 0 Å². The number of ether oxygens (including phenoxy) is 1. The molecule has 6 nitrogen and oxygen atoms in total. The molecule has 0 radical (unpaired) electrons. The van der Waals surface area contributed by atoms with Crippen molar-refractivity contribution in [2.45, 2.75) is 38.2 Å². The summed E-state index contributed by atoms with van der Waals surface area (Å²) in [4.78, 5) is 20.5. The molecule has 2 amide bonds. The first-order valence-electron chi connectivity index (χ1n) is 9.60. The second kappa shape index (κ2) is 8.27. The number of nitrogens with one attached hydrogen (secondary N) is 1. The topological polar surface area (TPSA) is 74.7 Å². The molecular weight excluding hydrogens is 362 g/mol. The number of hydrogen-bond donors (Lipinski definition) is 2. The molecule has 0 spiro atoms. The number of aryl methyl sites for hydroxylation is 2. The van der Waals surface area contributed by atoms with Crippen molar-refractivity contribution in [1.29, 1.82) is 0 Å². The lowest BCUT2D eigenvalue weighted by Gasteiger charge is -2.33. The molecule has 2 heterocycles. The summed E-state index contributed by atoms with van der Waals surface area (Å²) in [5.74, 6) is 0.212. The molecule has 4 rings (SSSR count). The summed E-state index contributed by atoms with van der Waals surface area (Å²) in [5, 5.41) is 13.8. The van der Waals surface area contributed by atoms with E-state index in [1.165, 1.54) is 23.4 Å². The minimum absolute atomic E-state index is 0.0650. The number of phenols is 1. The Morgan fingerprint density at radius 1 is 1.37 bits per heavy atom. The molecule has 1 aliphatic heterocycles. The molecule has 1 atom stereocenters. The monoisotopic (exact) mass is 387 g/mol. The minimum Gasteiger partial charge on any atom is -0.508 e. The molecule has 1 unspecified atom stereocenters. The molecule has 144 valence electrons. The second-order valence-corrected chi connectivity index (χ2v) is 8.24. The zero-order chi connectivity index (χ0) is 18.6. The number of rotatable bonds is 4. The third-order valence-electron chi connectivity index (χ3n) is 5.10. The van der Waals surface area contributed by atoms with Crippen LogP contribution in [0, 0.1) is 0 Å². The SMILES string of the molecule is O=C(NCCc1nc2c(s1)CCCC2)N1CCOC(c2cccc(O)c2)C1. The number of fused-ring (bicyclic) bond motifs is 1. The number of aromatic hydroxyl groups is 1. The normalized spacial score (nSPS) is 19.6. The lowest BCUT2D eigenvalue weighted by Crippen LogP contribution is -2.47. The van der Waals surface area contributed by atoms with Gasteiger partial charge in [0.05, 0.1) is 23.9 Å². The quantitative estimate of drug-likeness (QED) is 0.846. The number of thiazole rings is 1. The Morgan fingerprint density at radius 2 is 2.26 bits per heavy atom. The smallest absolute Gasteiger partial charge is 0.317 e. The Labute approximate surface area is 163 Å². The molecule has 1 aliphatic carbocycles. The standard InChI is InChI=1S/C20H25N3O3S/c24-15-5-3-4-14(12-15)17-13-23(10-11-26-17)20(25)21-9-8-19-22-16-6-1-2-7-18(16)27-19/h3-5,12,17,24H,1-2,6-11,13H2,(H,21,25). The molecule has 1 fully saturated rings. The van der Waals surface area contributed by atoms with E-state index in [0.717, 1.165) is 29.8 Å². The van der Waals surface area contributed by atoms with Crippen molar-refractivity contribution >= 4 is 17.4 Å². The van der Waals surface area contributed by atoms with Gasteiger partial charge < -0.3 is 20.1 Å². The summed E-state index contributed by atoms with van der Waals surface area (Å²) in [5.41, 5.74) is 2.16. The number of urea groups is 1. The first-order valence-corrected chi connectivity index (χ1v) is 10.4. The number of phenolic OH excluding ortho intramolecular Hbond substituents is 1. The summed E-state index contributed by atoms with van der Waals surface area (Å²) in [6, 6.07) is 6.96. The van der Waals surface area contributed by atoms with Gasteiger partial charge in [-0.15, -0.1) is 11.3 Å². The molecule has 1 aromatic heterocycles. The van der Waals surface area contributed by atoms with Gasteiger partial charge in [0.2, 0.25) is 0 Å². The third-order valence-corrected chi connectivity index (χ3v) is 6.32. The largest absolute Gasteiger partial charge is 0.508 e. The molecule has 7 heteroatoms. The molecule has 1 saturated heterocycles. The summed E-state index contributed by atoms with van der Waals surface area (Å²) < 4.78 is 5.78. The van der Waals surface area contributed by atoms with Crippen molar-refractivity contribution < 1.29 is 14.6 Å². The van der Waals surface area contributed by atoms with Gasteiger partial charge in [-0.25, -0.2) is 9.78 Å². The highest BCUT2D eigenvalue weighted by Crippen LogP contribution is 2.27. The fraction of sp³-hybridized carbons (Fsp3) is 0.500. The predicted octanol–water partition coefficient (Wildman–Crippen LogP) is 3.05. The van der Waals surface area contributed by atoms with Crippen LogP contribution in [0.5, 0.6) is 5.75 Å². The number of aromatic nitrogens is 1. The van der Waals surface area contributed by atoms with Crippen LogP contribution in [0.4, 0.5) is 4.79 Å². The first kappa shape index (κ1) is 18.3. The predicted molar refractivity (Wildman–Crippen MR) is 104 cm³/mol. The first-order chi connectivity index (χ1) is 13.2. The van der Waals surface area contributed by atoms with Gasteiger partial charge in [0.15, 0.2) is 0 Å². The van der Waals surface area contributed by atoms with Crippen LogP contribution < -0.4 is 5.32 Å². The van der Waals surface area contributed by atoms with Crippen LogP contribution in [0.3, 0.4) is 0 Å². The van der Waals surface area contributed by atoms with E-state index in [9.17, 15) is 9.90 Å². The zero-order valence-electron chi connectivity index (χ0n) is 15.3. The molecule has 0 bridgehead atoms. The number of benzene rings is 1. The fourth-order valence-electron chi connectivity index (χ4n) is 3.66. The Morgan fingerprint density at radius 3 is 3.11 bits per heavy atom. The highest BCUT2D eigenvalue weighted by Gasteiger charge is 2.25. The lowest BCUT2D eigenvalue weighted by molar-refractivity contribution is -0.0154. The molecule has 0 saturated carbocycles. The van der Waals surface area contributed by atoms with E-state index in [1.807, 2.05) is 6.07 Å². The van der Waals surface area contributed by atoms with Crippen LogP contribution >= 0.6 is 11.3 Å². The number of hydrogen-bond acceptors (Lipinski definition) is 5. The Kier molecular flexibility index (Phi) is 5.59. The zero-order valence-corrected chi connectivity index (χ0v) is 16.1. The molecule has 2 aliphatic rings. The number of morpholine rings is 1. The van der Waals surface area contributed by atoms with Gasteiger partial charge in [-0.3, -0.25) is 0 Å². The number of carbonyl (C=O) groups excluding carboxylic acids is 1. The summed E-state index contributed by atoms with van der Waals surface area (Å²) in [6.07, 6.45) is 5.34. The van der Waals surface area contributed by atoms with E-state index in [-0.39, 0.29) is 17.9 Å². The van der Waals surface area contributed by atoms with Gasteiger partial charge in [-0.05, 0) is 43.4 Å². The summed E-state index contributed by atoms with van der Waals surface area (Å²) in [7, 11) is 0. The van der Waals surface area contributed by atoms with Gasteiger partial charge in [0.25, 0.3) is 0 Å². The average Bonchev–Trinajstić information content (AvgIpc) is 3.11. The Hall–Kier alpha value is -2.12. The number of nitrogens with zero attached hydrogens (tertiary/aromatic N) is 2. The summed E-state index contributed by atoms with van der Waals surface area (Å²) >= 11 is 1.80. The van der Waals surface area contributed by atoms with Crippen molar-refractivity contribution in [3.63, 3.8) is 0 Å². The van der Waals surface area contributed by atoms with Crippen molar-refractivity contribution in [1.82, 2.24) is 15.2 Å². The fourth-order valence-corrected chi connectivity index (χ4v) is 4.82. The molecule has 1 aromatic carbocycles. The maximum Gasteiger partial charge on any atom is 0.317 e. The Bertz CT molecular complexity index is 784. The van der Waals surface area contributed by atoms with E-state index in [1.54, 1.807) is 34.4 Å². The Balaban J connectivity index is 1.28. The second-order valence-electron chi connectivity index (χ2n) is 7.07. The van der Waals surface area contributed by atoms with Gasteiger partial charge in [0, 0.05) is 24.4 Å². The van der Waals surface area contributed by atoms with Gasteiger partial charge in [-0.1, -0.05) is 12.1 Å². The van der Waals surface area contributed by atoms with Crippen LogP contribution in [0.15, 0.2) is 24.3 Å².